The van der Waals surface area contributed by atoms with Crippen LogP contribution in [0.5, 0.6) is 0 Å². The standard InChI is InChI=1S/C8H9NO2Se/c1-6-3-4-8(12)9(5-6)11-7(2)10/h3-5H,1-2H3. The summed E-state index contributed by atoms with van der Waals surface area (Å²) in [6.45, 7) is 3.30. The minimum atomic E-state index is -0.331. The van der Waals surface area contributed by atoms with Crippen LogP contribution < -0.4 is 4.84 Å². The summed E-state index contributed by atoms with van der Waals surface area (Å²) >= 11 is 2.79. The third kappa shape index (κ3) is 2.32. The van der Waals surface area contributed by atoms with Gasteiger partial charge in [0.05, 0.1) is 0 Å². The van der Waals surface area contributed by atoms with Gasteiger partial charge >= 0.3 is 77.8 Å². The molecule has 0 amide bonds. The Morgan fingerprint density at radius 2 is 2.25 bits per heavy atom. The molecule has 64 valence electrons. The molecule has 0 aliphatic heterocycles. The molecular formula is C8H9NO2Se. The van der Waals surface area contributed by atoms with E-state index >= 15 is 0 Å². The van der Waals surface area contributed by atoms with Gasteiger partial charge in [0.1, 0.15) is 0 Å². The predicted molar refractivity (Wildman–Crippen MR) is 45.4 cm³/mol. The van der Waals surface area contributed by atoms with Gasteiger partial charge in [-0.05, 0) is 0 Å². The van der Waals surface area contributed by atoms with E-state index in [-0.39, 0.29) is 5.97 Å². The summed E-state index contributed by atoms with van der Waals surface area (Å²) in [4.78, 5) is 15.5. The Morgan fingerprint density at radius 3 is 2.83 bits per heavy atom. The topological polar surface area (TPSA) is 31.2 Å². The van der Waals surface area contributed by atoms with Crippen LogP contribution in [0, 0.1) is 11.1 Å². The van der Waals surface area contributed by atoms with Gasteiger partial charge in [-0.25, -0.2) is 0 Å². The van der Waals surface area contributed by atoms with Crippen LogP contribution in [0.1, 0.15) is 12.5 Å². The van der Waals surface area contributed by atoms with E-state index in [1.54, 1.807) is 6.20 Å². The first-order valence-electron chi connectivity index (χ1n) is 3.48. The van der Waals surface area contributed by atoms with Crippen LogP contribution in [0.15, 0.2) is 18.3 Å². The number of rotatable bonds is 1. The third-order valence-electron chi connectivity index (χ3n) is 1.25. The van der Waals surface area contributed by atoms with E-state index in [2.05, 4.69) is 15.6 Å². The monoisotopic (exact) mass is 231 g/mol. The molecule has 0 fully saturated rings. The molecule has 0 unspecified atom stereocenters. The van der Waals surface area contributed by atoms with Gasteiger partial charge < -0.3 is 0 Å². The Kier molecular flexibility index (Phi) is 2.84. The van der Waals surface area contributed by atoms with Gasteiger partial charge in [-0.1, -0.05) is 0 Å². The quantitative estimate of drug-likeness (QED) is 0.657. The van der Waals surface area contributed by atoms with Gasteiger partial charge in [0.15, 0.2) is 0 Å². The Bertz CT molecular complexity index is 356. The summed E-state index contributed by atoms with van der Waals surface area (Å²) < 4.78 is 2.19. The van der Waals surface area contributed by atoms with Gasteiger partial charge in [0, 0.05) is 0 Å². The molecule has 0 saturated carbocycles. The normalized spacial score (nSPS) is 9.50. The van der Waals surface area contributed by atoms with E-state index in [0.717, 1.165) is 9.76 Å². The molecule has 0 aromatic carbocycles. The summed E-state index contributed by atoms with van der Waals surface area (Å²) in [7, 11) is 0. The van der Waals surface area contributed by atoms with Crippen molar-refractivity contribution in [2.45, 2.75) is 13.8 Å². The number of nitrogens with zero attached hydrogens (tertiary/aromatic N) is 1. The maximum absolute atomic E-state index is 10.6. The van der Waals surface area contributed by atoms with Crippen molar-refractivity contribution in [3.63, 3.8) is 0 Å². The average molecular weight is 230 g/mol. The van der Waals surface area contributed by atoms with Gasteiger partial charge in [-0.2, -0.15) is 0 Å². The second-order valence-corrected chi connectivity index (χ2v) is 3.33. The second kappa shape index (κ2) is 3.70. The first-order chi connectivity index (χ1) is 5.59. The first kappa shape index (κ1) is 9.23. The summed E-state index contributed by atoms with van der Waals surface area (Å²) in [5.74, 6) is -0.331. The third-order valence-corrected chi connectivity index (χ3v) is 1.92. The van der Waals surface area contributed by atoms with E-state index < -0.39 is 0 Å². The molecule has 12 heavy (non-hydrogen) atoms. The molecule has 0 spiro atoms. The van der Waals surface area contributed by atoms with E-state index in [1.165, 1.54) is 11.7 Å². The number of aryl methyl sites for hydroxylation is 1. The van der Waals surface area contributed by atoms with Crippen molar-refractivity contribution >= 4 is 21.5 Å². The van der Waals surface area contributed by atoms with E-state index in [9.17, 15) is 4.79 Å². The maximum atomic E-state index is 10.6. The molecule has 0 aliphatic rings. The van der Waals surface area contributed by atoms with Gasteiger partial charge in [-0.15, -0.1) is 0 Å². The van der Waals surface area contributed by atoms with Crippen LogP contribution in [-0.2, 0) is 4.79 Å². The van der Waals surface area contributed by atoms with Crippen LogP contribution in [0.2, 0.25) is 0 Å². The zero-order valence-electron chi connectivity index (χ0n) is 6.90. The molecule has 0 N–H and O–H groups in total. The summed E-state index contributed by atoms with van der Waals surface area (Å²) in [6, 6.07) is 3.78. The minimum absolute atomic E-state index is 0.331. The Morgan fingerprint density at radius 1 is 1.58 bits per heavy atom. The second-order valence-electron chi connectivity index (χ2n) is 2.45. The molecule has 0 atom stereocenters. The fraction of sp³-hybridized carbons (Fsp3) is 0.250. The molecule has 1 aromatic heterocycles. The molecule has 3 nitrogen and oxygen atoms in total. The molecule has 0 radical (unpaired) electrons. The van der Waals surface area contributed by atoms with Crippen molar-refractivity contribution in [3.8, 4) is 0 Å². The molecule has 0 aliphatic carbocycles. The summed E-state index contributed by atoms with van der Waals surface area (Å²) in [5.41, 5.74) is 1.04. The number of hydrogen-bond donors (Lipinski definition) is 0. The molecule has 1 heterocycles. The SMILES string of the molecule is CC(=O)On1cc(C)ccc1=[Se]. The number of hydrogen-bond acceptors (Lipinski definition) is 2. The summed E-state index contributed by atoms with van der Waals surface area (Å²) in [6.07, 6.45) is 1.74. The predicted octanol–water partition coefficient (Wildman–Crippen LogP) is 0.472. The van der Waals surface area contributed by atoms with Gasteiger partial charge in [0.2, 0.25) is 0 Å². The number of carbonyl (C=O) groups excluding carboxylic acids is 1. The van der Waals surface area contributed by atoms with E-state index in [0.29, 0.717) is 0 Å². The molecule has 1 rings (SSSR count). The zero-order valence-corrected chi connectivity index (χ0v) is 8.62. The van der Waals surface area contributed by atoms with Crippen LogP contribution in [0.4, 0.5) is 0 Å². The fourth-order valence-corrected chi connectivity index (χ4v) is 1.11. The van der Waals surface area contributed by atoms with Crippen molar-refractivity contribution in [1.82, 2.24) is 4.73 Å². The van der Waals surface area contributed by atoms with E-state index in [4.69, 9.17) is 4.84 Å². The van der Waals surface area contributed by atoms with Crippen LogP contribution in [0.3, 0.4) is 0 Å². The van der Waals surface area contributed by atoms with Crippen molar-refractivity contribution < 1.29 is 9.63 Å². The van der Waals surface area contributed by atoms with Gasteiger partial charge in [0.25, 0.3) is 0 Å². The first-order valence-corrected chi connectivity index (χ1v) is 4.33. The number of pyridine rings is 1. The van der Waals surface area contributed by atoms with Crippen molar-refractivity contribution in [2.75, 3.05) is 0 Å². The molecule has 1 aromatic rings. The molecular weight excluding hydrogens is 221 g/mol. The average Bonchev–Trinajstić information content (AvgIpc) is 1.96. The zero-order chi connectivity index (χ0) is 9.14. The molecule has 4 heteroatoms. The number of carbonyl (C=O) groups is 1. The Balaban J connectivity index is 3.06. The van der Waals surface area contributed by atoms with Crippen molar-refractivity contribution in [1.29, 1.82) is 0 Å². The fourth-order valence-electron chi connectivity index (χ4n) is 0.778. The van der Waals surface area contributed by atoms with Crippen LogP contribution in [-0.4, -0.2) is 26.3 Å². The van der Waals surface area contributed by atoms with Crippen LogP contribution >= 0.6 is 0 Å². The Hall–Kier alpha value is -0.861. The summed E-state index contributed by atoms with van der Waals surface area (Å²) in [5, 5.41) is 0. The number of aromatic nitrogens is 1. The van der Waals surface area contributed by atoms with Crippen molar-refractivity contribution in [3.05, 3.63) is 28.1 Å². The van der Waals surface area contributed by atoms with Crippen LogP contribution in [0.25, 0.3) is 0 Å². The molecule has 0 bridgehead atoms. The van der Waals surface area contributed by atoms with Crippen molar-refractivity contribution in [2.24, 2.45) is 0 Å². The Labute approximate surface area is 78.3 Å². The molecule has 0 saturated heterocycles. The van der Waals surface area contributed by atoms with Gasteiger partial charge in [-0.3, -0.25) is 0 Å². The van der Waals surface area contributed by atoms with E-state index in [1.807, 2.05) is 19.1 Å².